The molecule has 8 rings (SSSR count). The van der Waals surface area contributed by atoms with Crippen molar-refractivity contribution in [2.45, 2.75) is 6.92 Å². The molecule has 0 atom stereocenters. The zero-order chi connectivity index (χ0) is 31.0. The fourth-order valence-corrected chi connectivity index (χ4v) is 6.03. The average molecular weight is 591 g/mol. The Morgan fingerprint density at radius 3 is 1.74 bits per heavy atom. The summed E-state index contributed by atoms with van der Waals surface area (Å²) >= 11 is 0. The Balaban J connectivity index is 1.25. The number of hydrogen-bond donors (Lipinski definition) is 0. The van der Waals surface area contributed by atoms with E-state index in [2.05, 4.69) is 48.5 Å². The van der Waals surface area contributed by atoms with Crippen LogP contribution in [0.2, 0.25) is 0 Å². The molecule has 8 aromatic rings. The largest absolute Gasteiger partial charge is 0.456 e. The van der Waals surface area contributed by atoms with Crippen LogP contribution in [0.15, 0.2) is 144 Å². The lowest BCUT2D eigenvalue weighted by atomic mass is 9.96. The van der Waals surface area contributed by atoms with Crippen molar-refractivity contribution in [2.24, 2.45) is 0 Å². The Bertz CT molecular complexity index is 2420. The van der Waals surface area contributed by atoms with Crippen LogP contribution in [0, 0.1) is 18.3 Å². The first-order valence-corrected chi connectivity index (χ1v) is 15.1. The number of benzene rings is 6. The number of nitrogens with zero attached hydrogens (tertiary/aromatic N) is 4. The first kappa shape index (κ1) is 27.2. The molecule has 0 aliphatic heterocycles. The lowest BCUT2D eigenvalue weighted by Crippen LogP contribution is -2.00. The van der Waals surface area contributed by atoms with Gasteiger partial charge in [-0.15, -0.1) is 0 Å². The summed E-state index contributed by atoms with van der Waals surface area (Å²) in [4.78, 5) is 14.8. The second-order valence-electron chi connectivity index (χ2n) is 11.2. The third kappa shape index (κ3) is 4.79. The number of rotatable bonds is 5. The van der Waals surface area contributed by atoms with Crippen molar-refractivity contribution in [1.29, 1.82) is 5.26 Å². The van der Waals surface area contributed by atoms with Gasteiger partial charge in [-0.25, -0.2) is 15.0 Å². The van der Waals surface area contributed by atoms with Gasteiger partial charge < -0.3 is 4.42 Å². The summed E-state index contributed by atoms with van der Waals surface area (Å²) in [5.41, 5.74) is 9.99. The van der Waals surface area contributed by atoms with Gasteiger partial charge in [0.05, 0.1) is 5.56 Å². The van der Waals surface area contributed by atoms with E-state index in [1.54, 1.807) is 0 Å². The van der Waals surface area contributed by atoms with Crippen LogP contribution in [0.25, 0.3) is 78.4 Å². The van der Waals surface area contributed by atoms with Gasteiger partial charge in [0.25, 0.3) is 0 Å². The number of hydrogen-bond acceptors (Lipinski definition) is 5. The summed E-state index contributed by atoms with van der Waals surface area (Å²) in [6.07, 6.45) is 0. The zero-order valence-corrected chi connectivity index (χ0v) is 25.0. The van der Waals surface area contributed by atoms with E-state index in [4.69, 9.17) is 19.4 Å². The molecule has 0 radical (unpaired) electrons. The van der Waals surface area contributed by atoms with Crippen LogP contribution in [0.4, 0.5) is 0 Å². The molecule has 0 fully saturated rings. The van der Waals surface area contributed by atoms with Crippen LogP contribution in [-0.2, 0) is 0 Å². The maximum atomic E-state index is 9.76. The highest BCUT2D eigenvalue weighted by Crippen LogP contribution is 2.38. The highest BCUT2D eigenvalue weighted by molar-refractivity contribution is 6.13. The van der Waals surface area contributed by atoms with E-state index in [0.29, 0.717) is 23.0 Å². The fourth-order valence-electron chi connectivity index (χ4n) is 6.03. The van der Waals surface area contributed by atoms with Crippen LogP contribution in [-0.4, -0.2) is 15.0 Å². The summed E-state index contributed by atoms with van der Waals surface area (Å²) in [6, 6.07) is 48.9. The molecule has 5 nitrogen and oxygen atoms in total. The topological polar surface area (TPSA) is 75.6 Å². The molecule has 0 unspecified atom stereocenters. The van der Waals surface area contributed by atoms with E-state index in [0.717, 1.165) is 66.4 Å². The lowest BCUT2D eigenvalue weighted by molar-refractivity contribution is 0.669. The van der Waals surface area contributed by atoms with E-state index in [-0.39, 0.29) is 0 Å². The maximum absolute atomic E-state index is 9.76. The summed E-state index contributed by atoms with van der Waals surface area (Å²) in [5, 5.41) is 11.9. The molecular formula is C41H26N4O. The standard InChI is InChI=1S/C41H26N4O/c1-26-10-8-15-32(35(26)25-42)28-18-20-30(21-19-28)40-43-39(29-13-6-3-7-14-29)44-41(45-40)31-22-23-34-37(24-31)46-36-17-9-16-33(38(34)36)27-11-4-2-5-12-27/h2-24H,1H3. The second kappa shape index (κ2) is 11.3. The van der Waals surface area contributed by atoms with Gasteiger partial charge in [0.2, 0.25) is 0 Å². The Hall–Kier alpha value is -6.38. The Labute approximate surface area is 266 Å². The molecule has 46 heavy (non-hydrogen) atoms. The first-order valence-electron chi connectivity index (χ1n) is 15.1. The van der Waals surface area contributed by atoms with E-state index in [9.17, 15) is 5.26 Å². The first-order chi connectivity index (χ1) is 22.7. The molecule has 2 aromatic heterocycles. The monoisotopic (exact) mass is 590 g/mol. The molecule has 0 saturated carbocycles. The normalized spacial score (nSPS) is 11.1. The second-order valence-corrected chi connectivity index (χ2v) is 11.2. The maximum Gasteiger partial charge on any atom is 0.164 e. The third-order valence-corrected chi connectivity index (χ3v) is 8.35. The molecule has 0 saturated heterocycles. The number of aromatic nitrogens is 3. The molecule has 0 aliphatic rings. The van der Waals surface area contributed by atoms with Gasteiger partial charge in [-0.1, -0.05) is 121 Å². The van der Waals surface area contributed by atoms with Gasteiger partial charge >= 0.3 is 0 Å². The number of aryl methyl sites for hydroxylation is 1. The fraction of sp³-hybridized carbons (Fsp3) is 0.0244. The number of nitriles is 1. The van der Waals surface area contributed by atoms with Gasteiger partial charge in [0, 0.05) is 27.5 Å². The van der Waals surface area contributed by atoms with E-state index in [1.807, 2.05) is 104 Å². The molecule has 0 aliphatic carbocycles. The number of furan rings is 1. The van der Waals surface area contributed by atoms with Gasteiger partial charge in [-0.3, -0.25) is 0 Å². The van der Waals surface area contributed by atoms with Gasteiger partial charge in [-0.05, 0) is 52.9 Å². The molecule has 0 N–H and O–H groups in total. The van der Waals surface area contributed by atoms with Crippen molar-refractivity contribution in [3.8, 4) is 62.5 Å². The predicted octanol–water partition coefficient (Wildman–Crippen LogP) is 10.3. The van der Waals surface area contributed by atoms with Crippen molar-refractivity contribution in [2.75, 3.05) is 0 Å². The molecule has 216 valence electrons. The predicted molar refractivity (Wildman–Crippen MR) is 184 cm³/mol. The van der Waals surface area contributed by atoms with Crippen LogP contribution in [0.1, 0.15) is 11.1 Å². The molecule has 0 bridgehead atoms. The average Bonchev–Trinajstić information content (AvgIpc) is 3.50. The van der Waals surface area contributed by atoms with Crippen LogP contribution in [0.3, 0.4) is 0 Å². The van der Waals surface area contributed by atoms with E-state index in [1.165, 1.54) is 0 Å². The Kier molecular flexibility index (Phi) is 6.67. The van der Waals surface area contributed by atoms with Gasteiger partial charge in [0.1, 0.15) is 17.2 Å². The molecule has 0 spiro atoms. The lowest BCUT2D eigenvalue weighted by Gasteiger charge is -2.10. The summed E-state index contributed by atoms with van der Waals surface area (Å²) < 4.78 is 6.39. The summed E-state index contributed by atoms with van der Waals surface area (Å²) in [7, 11) is 0. The summed E-state index contributed by atoms with van der Waals surface area (Å²) in [5.74, 6) is 1.71. The highest BCUT2D eigenvalue weighted by atomic mass is 16.3. The minimum Gasteiger partial charge on any atom is -0.456 e. The smallest absolute Gasteiger partial charge is 0.164 e. The minimum absolute atomic E-state index is 0.559. The van der Waals surface area contributed by atoms with Gasteiger partial charge in [0.15, 0.2) is 17.5 Å². The third-order valence-electron chi connectivity index (χ3n) is 8.35. The quantitative estimate of drug-likeness (QED) is 0.199. The molecule has 0 amide bonds. The molecule has 5 heteroatoms. The molecule has 2 heterocycles. The van der Waals surface area contributed by atoms with Gasteiger partial charge in [-0.2, -0.15) is 5.26 Å². The van der Waals surface area contributed by atoms with Crippen molar-refractivity contribution >= 4 is 21.9 Å². The number of fused-ring (bicyclic) bond motifs is 3. The van der Waals surface area contributed by atoms with Crippen molar-refractivity contribution in [3.63, 3.8) is 0 Å². The van der Waals surface area contributed by atoms with Crippen molar-refractivity contribution in [1.82, 2.24) is 15.0 Å². The Morgan fingerprint density at radius 2 is 1.04 bits per heavy atom. The SMILES string of the molecule is Cc1cccc(-c2ccc(-c3nc(-c4ccccc4)nc(-c4ccc5c(c4)oc4cccc(-c6ccccc6)c45)n3)cc2)c1C#N. The van der Waals surface area contributed by atoms with Crippen LogP contribution in [0.5, 0.6) is 0 Å². The zero-order valence-electron chi connectivity index (χ0n) is 25.0. The van der Waals surface area contributed by atoms with E-state index >= 15 is 0 Å². The van der Waals surface area contributed by atoms with Crippen molar-refractivity contribution < 1.29 is 4.42 Å². The summed E-state index contributed by atoms with van der Waals surface area (Å²) in [6.45, 7) is 1.96. The highest BCUT2D eigenvalue weighted by Gasteiger charge is 2.17. The molecular weight excluding hydrogens is 564 g/mol. The molecule has 6 aromatic carbocycles. The van der Waals surface area contributed by atoms with Crippen LogP contribution < -0.4 is 0 Å². The van der Waals surface area contributed by atoms with Crippen LogP contribution >= 0.6 is 0 Å². The minimum atomic E-state index is 0.559. The Morgan fingerprint density at radius 1 is 0.500 bits per heavy atom. The van der Waals surface area contributed by atoms with E-state index < -0.39 is 0 Å². The van der Waals surface area contributed by atoms with Crippen molar-refractivity contribution in [3.05, 3.63) is 151 Å².